The molecule has 20 heteroatoms. The van der Waals surface area contributed by atoms with Gasteiger partial charge in [0, 0.05) is 6.42 Å². The van der Waals surface area contributed by atoms with Crippen LogP contribution in [-0.2, 0) is 47.5 Å². The van der Waals surface area contributed by atoms with Crippen molar-refractivity contribution in [3.63, 3.8) is 0 Å². The van der Waals surface area contributed by atoms with E-state index in [1.54, 1.807) is 0 Å². The summed E-state index contributed by atoms with van der Waals surface area (Å²) < 4.78 is 34.8. The molecular formula is C26H42O20. The lowest BCUT2D eigenvalue weighted by molar-refractivity contribution is -0.288. The van der Waals surface area contributed by atoms with Crippen LogP contribution in [0.4, 0.5) is 4.79 Å². The Hall–Kier alpha value is -2.76. The van der Waals surface area contributed by atoms with Gasteiger partial charge in [-0.3, -0.25) is 14.4 Å². The van der Waals surface area contributed by atoms with Gasteiger partial charge in [-0.05, 0) is 13.8 Å². The monoisotopic (exact) mass is 674 g/mol. The summed E-state index contributed by atoms with van der Waals surface area (Å²) in [6.07, 6.45) is -19.0. The molecule has 0 aromatic rings. The first-order valence-electron chi connectivity index (χ1n) is 14.1. The lowest BCUT2D eigenvalue weighted by Gasteiger charge is -2.38. The maximum Gasteiger partial charge on any atom is 0.508 e. The van der Waals surface area contributed by atoms with E-state index in [-0.39, 0.29) is 6.42 Å². The van der Waals surface area contributed by atoms with Crippen LogP contribution >= 0.6 is 0 Å². The topological polar surface area (TPSA) is 315 Å². The molecule has 0 amide bonds. The van der Waals surface area contributed by atoms with Crippen molar-refractivity contribution in [1.29, 1.82) is 0 Å². The van der Waals surface area contributed by atoms with Gasteiger partial charge in [0.2, 0.25) is 0 Å². The third-order valence-corrected chi connectivity index (χ3v) is 7.32. The number of carbonyl (C=O) groups is 4. The minimum Gasteiger partial charge on any atom is -0.464 e. The average Bonchev–Trinajstić information content (AvgIpc) is 3.04. The number of hydrogen-bond donors (Lipinski definition) is 9. The van der Waals surface area contributed by atoms with Crippen LogP contribution in [0.2, 0.25) is 0 Å². The lowest BCUT2D eigenvalue weighted by Crippen LogP contribution is -2.59. The molecule has 0 bridgehead atoms. The second-order valence-electron chi connectivity index (χ2n) is 11.4. The fourth-order valence-corrected chi connectivity index (χ4v) is 3.95. The Balaban J connectivity index is 1.97. The first kappa shape index (κ1) is 39.4. The van der Waals surface area contributed by atoms with Crippen LogP contribution in [0.25, 0.3) is 0 Å². The molecule has 46 heavy (non-hydrogen) atoms. The third-order valence-electron chi connectivity index (χ3n) is 7.32. The van der Waals surface area contributed by atoms with Crippen molar-refractivity contribution >= 4 is 24.1 Å². The van der Waals surface area contributed by atoms with E-state index in [0.717, 1.165) is 6.92 Å². The molecule has 12 atom stereocenters. The van der Waals surface area contributed by atoms with E-state index in [1.165, 1.54) is 13.8 Å². The summed E-state index contributed by atoms with van der Waals surface area (Å²) in [7, 11) is 0. The number of esters is 3. The second kappa shape index (κ2) is 16.9. The maximum atomic E-state index is 13.0. The van der Waals surface area contributed by atoms with Crippen molar-refractivity contribution < 1.29 is 98.3 Å². The zero-order valence-corrected chi connectivity index (χ0v) is 25.2. The molecule has 0 radical (unpaired) electrons. The Labute approximate surface area is 261 Å². The highest BCUT2D eigenvalue weighted by molar-refractivity contribution is 5.78. The lowest BCUT2D eigenvalue weighted by atomic mass is 9.93. The van der Waals surface area contributed by atoms with E-state index in [2.05, 4.69) is 0 Å². The molecule has 2 heterocycles. The van der Waals surface area contributed by atoms with Crippen LogP contribution in [0.15, 0.2) is 0 Å². The molecule has 0 aromatic heterocycles. The highest BCUT2D eigenvalue weighted by Crippen LogP contribution is 2.26. The van der Waals surface area contributed by atoms with Crippen LogP contribution < -0.4 is 0 Å². The zero-order chi connectivity index (χ0) is 35.0. The Kier molecular flexibility index (Phi) is 14.5. The van der Waals surface area contributed by atoms with E-state index in [4.69, 9.17) is 33.2 Å². The van der Waals surface area contributed by atoms with Crippen LogP contribution in [-0.4, -0.2) is 171 Å². The Morgan fingerprint density at radius 2 is 0.978 bits per heavy atom. The largest absolute Gasteiger partial charge is 0.508 e. The SMILES string of the molecule is CCC(=O)OCC(C)(COC(=O)OCC(C)(CO)C(=O)OCC1OC(O)C(O)C(O)C1O)C(=O)OCC1OC(O)C(O)C(O)C1O. The van der Waals surface area contributed by atoms with Gasteiger partial charge in [-0.15, -0.1) is 0 Å². The first-order valence-corrected chi connectivity index (χ1v) is 14.1. The van der Waals surface area contributed by atoms with Crippen molar-refractivity contribution in [3.05, 3.63) is 0 Å². The minimum atomic E-state index is -1.90. The second-order valence-corrected chi connectivity index (χ2v) is 11.4. The van der Waals surface area contributed by atoms with Crippen molar-refractivity contribution in [1.82, 2.24) is 0 Å². The van der Waals surface area contributed by atoms with Gasteiger partial charge in [0.25, 0.3) is 0 Å². The predicted molar refractivity (Wildman–Crippen MR) is 142 cm³/mol. The van der Waals surface area contributed by atoms with Crippen molar-refractivity contribution in [2.45, 2.75) is 88.6 Å². The van der Waals surface area contributed by atoms with Crippen LogP contribution in [0.5, 0.6) is 0 Å². The van der Waals surface area contributed by atoms with Gasteiger partial charge in [-0.1, -0.05) is 6.92 Å². The summed E-state index contributed by atoms with van der Waals surface area (Å²) in [5, 5.41) is 87.8. The fourth-order valence-electron chi connectivity index (χ4n) is 3.95. The average molecular weight is 675 g/mol. The van der Waals surface area contributed by atoms with Crippen LogP contribution in [0.1, 0.15) is 27.2 Å². The summed E-state index contributed by atoms with van der Waals surface area (Å²) in [5.74, 6) is -3.03. The van der Waals surface area contributed by atoms with Gasteiger partial charge >= 0.3 is 24.1 Å². The van der Waals surface area contributed by atoms with Gasteiger partial charge in [0.1, 0.15) is 92.7 Å². The van der Waals surface area contributed by atoms with Gasteiger partial charge in [-0.2, -0.15) is 0 Å². The van der Waals surface area contributed by atoms with Gasteiger partial charge < -0.3 is 79.1 Å². The molecule has 12 unspecified atom stereocenters. The molecule has 2 aliphatic rings. The minimum absolute atomic E-state index is 0.0704. The smallest absolute Gasteiger partial charge is 0.464 e. The molecule has 2 fully saturated rings. The molecule has 0 spiro atoms. The van der Waals surface area contributed by atoms with Crippen molar-refractivity contribution in [2.75, 3.05) is 39.6 Å². The summed E-state index contributed by atoms with van der Waals surface area (Å²) in [4.78, 5) is 49.7. The van der Waals surface area contributed by atoms with Gasteiger partial charge in [-0.25, -0.2) is 4.79 Å². The number of rotatable bonds is 14. The molecule has 2 saturated heterocycles. The number of hydrogen-bond acceptors (Lipinski definition) is 20. The number of ether oxygens (including phenoxy) is 7. The van der Waals surface area contributed by atoms with E-state index >= 15 is 0 Å². The quantitative estimate of drug-likeness (QED) is 0.0614. The van der Waals surface area contributed by atoms with Gasteiger partial charge in [0.15, 0.2) is 12.6 Å². The first-order chi connectivity index (χ1) is 21.4. The predicted octanol–water partition coefficient (Wildman–Crippen LogP) is -5.22. The number of aliphatic hydroxyl groups is 9. The molecule has 20 nitrogen and oxygen atoms in total. The molecular weight excluding hydrogens is 632 g/mol. The fraction of sp³-hybridized carbons (Fsp3) is 0.846. The van der Waals surface area contributed by atoms with Crippen LogP contribution in [0.3, 0.4) is 0 Å². The van der Waals surface area contributed by atoms with E-state index in [1.807, 2.05) is 0 Å². The Morgan fingerprint density at radius 1 is 0.587 bits per heavy atom. The van der Waals surface area contributed by atoms with E-state index < -0.39 is 136 Å². The number of aliphatic hydroxyl groups excluding tert-OH is 9. The summed E-state index contributed by atoms with van der Waals surface area (Å²) in [5.41, 5.74) is -3.79. The zero-order valence-electron chi connectivity index (χ0n) is 25.2. The van der Waals surface area contributed by atoms with Gasteiger partial charge in [0.05, 0.1) is 6.61 Å². The van der Waals surface area contributed by atoms with Crippen LogP contribution in [0, 0.1) is 10.8 Å². The molecule has 0 aliphatic carbocycles. The molecule has 2 rings (SSSR count). The third kappa shape index (κ3) is 9.87. The molecule has 266 valence electrons. The standard InChI is InChI=1S/C26H42O20/c1-4-13(28)42-9-26(3,23(38)41-6-12-15(30)17(32)19(34)21(36)46-12)10-44-24(39)43-8-25(2,7-27)22(37)40-5-11-14(29)16(31)18(33)20(35)45-11/h11-12,14-21,27,29-36H,4-10H2,1-3H3. The summed E-state index contributed by atoms with van der Waals surface area (Å²) in [6.45, 7) is -0.950. The Bertz CT molecular complexity index is 1040. The van der Waals surface area contributed by atoms with E-state index in [0.29, 0.717) is 0 Å². The molecule has 2 aliphatic heterocycles. The normalized spacial score (nSPS) is 33.9. The molecule has 0 saturated carbocycles. The summed E-state index contributed by atoms with van der Waals surface area (Å²) in [6, 6.07) is 0. The number of carbonyl (C=O) groups excluding carboxylic acids is 4. The maximum absolute atomic E-state index is 13.0. The summed E-state index contributed by atoms with van der Waals surface area (Å²) >= 11 is 0. The molecule has 9 N–H and O–H groups in total. The highest BCUT2D eigenvalue weighted by atomic mass is 16.7. The molecule has 0 aromatic carbocycles. The highest BCUT2D eigenvalue weighted by Gasteiger charge is 2.46. The Morgan fingerprint density at radius 3 is 1.39 bits per heavy atom. The van der Waals surface area contributed by atoms with Crippen molar-refractivity contribution in [2.24, 2.45) is 10.8 Å². The van der Waals surface area contributed by atoms with E-state index in [9.17, 15) is 65.1 Å². The van der Waals surface area contributed by atoms with Crippen molar-refractivity contribution in [3.8, 4) is 0 Å².